The van der Waals surface area contributed by atoms with E-state index >= 15 is 0 Å². The van der Waals surface area contributed by atoms with Gasteiger partial charge in [-0.15, -0.1) is 10.2 Å². The standard InChI is InChI=1S/C18H18N6O3S/c1-3-24-15(14-5-4-8-27-14)22-23-18(24)28-10(2)16(25)19-11-6-7-12-13(9-11)21-17(26)20-12/h4-10H,3H2,1-2H3,(H,19,25)(H2,20,21,26). The lowest BCUT2D eigenvalue weighted by Gasteiger charge is -2.12. The summed E-state index contributed by atoms with van der Waals surface area (Å²) in [6.45, 7) is 4.44. The van der Waals surface area contributed by atoms with E-state index in [1.54, 1.807) is 37.5 Å². The molecule has 4 rings (SSSR count). The SMILES string of the molecule is CCn1c(SC(C)C(=O)Nc2ccc3[nH]c(=O)[nH]c3c2)nnc1-c1ccco1. The number of aromatic nitrogens is 5. The summed E-state index contributed by atoms with van der Waals surface area (Å²) in [5, 5.41) is 11.5. The molecule has 0 saturated heterocycles. The summed E-state index contributed by atoms with van der Waals surface area (Å²) < 4.78 is 7.31. The zero-order valence-electron chi connectivity index (χ0n) is 15.2. The molecule has 9 nitrogen and oxygen atoms in total. The Hall–Kier alpha value is -3.27. The lowest BCUT2D eigenvalue weighted by molar-refractivity contribution is -0.115. The fourth-order valence-corrected chi connectivity index (χ4v) is 3.73. The first-order chi connectivity index (χ1) is 13.5. The first-order valence-corrected chi connectivity index (χ1v) is 9.59. The van der Waals surface area contributed by atoms with Crippen LogP contribution in [0.4, 0.5) is 5.69 Å². The zero-order valence-corrected chi connectivity index (χ0v) is 16.0. The predicted octanol–water partition coefficient (Wildman–Crippen LogP) is 2.85. The topological polar surface area (TPSA) is 122 Å². The molecule has 3 N–H and O–H groups in total. The number of H-pyrrole nitrogens is 2. The van der Waals surface area contributed by atoms with Gasteiger partial charge in [0.2, 0.25) is 5.91 Å². The van der Waals surface area contributed by atoms with Crippen molar-refractivity contribution in [2.24, 2.45) is 0 Å². The van der Waals surface area contributed by atoms with Gasteiger partial charge < -0.3 is 19.7 Å². The van der Waals surface area contributed by atoms with Gasteiger partial charge in [-0.1, -0.05) is 11.8 Å². The zero-order chi connectivity index (χ0) is 19.7. The average Bonchev–Trinajstić information content (AvgIpc) is 3.39. The minimum Gasteiger partial charge on any atom is -0.461 e. The first-order valence-electron chi connectivity index (χ1n) is 8.72. The van der Waals surface area contributed by atoms with Crippen LogP contribution >= 0.6 is 11.8 Å². The number of carbonyl (C=O) groups excluding carboxylic acids is 1. The number of rotatable bonds is 6. The highest BCUT2D eigenvalue weighted by molar-refractivity contribution is 8.00. The Kier molecular flexibility index (Phi) is 4.78. The summed E-state index contributed by atoms with van der Waals surface area (Å²) in [6.07, 6.45) is 1.58. The number of benzene rings is 1. The molecule has 28 heavy (non-hydrogen) atoms. The Morgan fingerprint density at radius 2 is 2.11 bits per heavy atom. The number of hydrogen-bond donors (Lipinski definition) is 3. The van der Waals surface area contributed by atoms with Crippen LogP contribution in [0, 0.1) is 0 Å². The molecule has 1 atom stereocenters. The second kappa shape index (κ2) is 7.39. The van der Waals surface area contributed by atoms with Gasteiger partial charge in [-0.2, -0.15) is 0 Å². The fourth-order valence-electron chi connectivity index (χ4n) is 2.81. The summed E-state index contributed by atoms with van der Waals surface area (Å²) in [5.74, 6) is 1.09. The molecule has 0 radical (unpaired) electrons. The average molecular weight is 398 g/mol. The monoisotopic (exact) mass is 398 g/mol. The first kappa shape index (κ1) is 18.1. The van der Waals surface area contributed by atoms with E-state index in [9.17, 15) is 9.59 Å². The van der Waals surface area contributed by atoms with Crippen molar-refractivity contribution < 1.29 is 9.21 Å². The van der Waals surface area contributed by atoms with Crippen molar-refractivity contribution in [2.75, 3.05) is 5.32 Å². The molecule has 0 saturated carbocycles. The molecule has 0 bridgehead atoms. The van der Waals surface area contributed by atoms with Crippen LogP contribution in [0.1, 0.15) is 13.8 Å². The van der Waals surface area contributed by atoms with Gasteiger partial charge in [0.1, 0.15) is 0 Å². The summed E-state index contributed by atoms with van der Waals surface area (Å²) in [7, 11) is 0. The van der Waals surface area contributed by atoms with Gasteiger partial charge in [0, 0.05) is 12.2 Å². The molecule has 4 aromatic rings. The van der Waals surface area contributed by atoms with Gasteiger partial charge in [-0.05, 0) is 44.2 Å². The predicted molar refractivity (Wildman–Crippen MR) is 106 cm³/mol. The number of thioether (sulfide) groups is 1. The van der Waals surface area contributed by atoms with Crippen molar-refractivity contribution in [3.63, 3.8) is 0 Å². The number of nitrogens with one attached hydrogen (secondary N) is 3. The highest BCUT2D eigenvalue weighted by Gasteiger charge is 2.21. The Morgan fingerprint density at radius 3 is 2.86 bits per heavy atom. The molecule has 3 aromatic heterocycles. The van der Waals surface area contributed by atoms with E-state index in [-0.39, 0.29) is 11.6 Å². The van der Waals surface area contributed by atoms with E-state index in [0.29, 0.717) is 40.0 Å². The van der Waals surface area contributed by atoms with Crippen LogP contribution in [-0.2, 0) is 11.3 Å². The van der Waals surface area contributed by atoms with Gasteiger partial charge in [0.25, 0.3) is 0 Å². The highest BCUT2D eigenvalue weighted by atomic mass is 32.2. The number of furan rings is 1. The fraction of sp³-hybridized carbons (Fsp3) is 0.222. The Morgan fingerprint density at radius 1 is 1.29 bits per heavy atom. The van der Waals surface area contributed by atoms with Crippen molar-refractivity contribution in [3.8, 4) is 11.6 Å². The summed E-state index contributed by atoms with van der Waals surface area (Å²) in [5.41, 5.74) is 1.64. The summed E-state index contributed by atoms with van der Waals surface area (Å²) in [4.78, 5) is 29.3. The van der Waals surface area contributed by atoms with E-state index in [2.05, 4.69) is 25.5 Å². The molecule has 0 aliphatic carbocycles. The Bertz CT molecular complexity index is 1170. The van der Waals surface area contributed by atoms with Gasteiger partial charge in [0.15, 0.2) is 16.7 Å². The minimum absolute atomic E-state index is 0.174. The number of amides is 1. The van der Waals surface area contributed by atoms with E-state index < -0.39 is 5.25 Å². The minimum atomic E-state index is -0.403. The maximum absolute atomic E-state index is 12.6. The Balaban J connectivity index is 1.49. The molecule has 0 spiro atoms. The maximum Gasteiger partial charge on any atom is 0.323 e. The quantitative estimate of drug-likeness (QED) is 0.429. The van der Waals surface area contributed by atoms with Crippen LogP contribution in [0.5, 0.6) is 0 Å². The Labute approximate surface area is 163 Å². The summed E-state index contributed by atoms with van der Waals surface area (Å²) >= 11 is 1.32. The number of anilines is 1. The normalized spacial score (nSPS) is 12.4. The molecular formula is C18H18N6O3S. The molecule has 1 unspecified atom stereocenters. The molecule has 0 aliphatic heterocycles. The van der Waals surface area contributed by atoms with E-state index in [1.807, 2.05) is 17.6 Å². The van der Waals surface area contributed by atoms with Crippen molar-refractivity contribution in [1.82, 2.24) is 24.7 Å². The van der Waals surface area contributed by atoms with Crippen molar-refractivity contribution in [2.45, 2.75) is 30.8 Å². The molecule has 10 heteroatoms. The molecule has 1 amide bonds. The lowest BCUT2D eigenvalue weighted by atomic mass is 10.2. The van der Waals surface area contributed by atoms with Gasteiger partial charge >= 0.3 is 5.69 Å². The van der Waals surface area contributed by atoms with Crippen LogP contribution in [0.25, 0.3) is 22.6 Å². The molecule has 0 fully saturated rings. The third-order valence-electron chi connectivity index (χ3n) is 4.21. The van der Waals surface area contributed by atoms with Crippen molar-refractivity contribution in [1.29, 1.82) is 0 Å². The second-order valence-corrected chi connectivity index (χ2v) is 7.42. The number of nitrogens with zero attached hydrogens (tertiary/aromatic N) is 3. The molecule has 1 aromatic carbocycles. The number of imidazole rings is 1. The smallest absolute Gasteiger partial charge is 0.323 e. The van der Waals surface area contributed by atoms with E-state index in [1.165, 1.54) is 11.8 Å². The second-order valence-electron chi connectivity index (χ2n) is 6.12. The highest BCUT2D eigenvalue weighted by Crippen LogP contribution is 2.27. The van der Waals surface area contributed by atoms with Gasteiger partial charge in [-0.3, -0.25) is 9.36 Å². The van der Waals surface area contributed by atoms with Crippen LogP contribution in [0.15, 0.2) is 51.0 Å². The van der Waals surface area contributed by atoms with Crippen LogP contribution in [0.2, 0.25) is 0 Å². The third kappa shape index (κ3) is 3.46. The third-order valence-corrected chi connectivity index (χ3v) is 5.29. The molecule has 144 valence electrons. The molecule has 3 heterocycles. The van der Waals surface area contributed by atoms with Crippen molar-refractivity contribution >= 4 is 34.4 Å². The largest absolute Gasteiger partial charge is 0.461 e. The summed E-state index contributed by atoms with van der Waals surface area (Å²) in [6, 6.07) is 8.81. The maximum atomic E-state index is 12.6. The number of hydrogen-bond acceptors (Lipinski definition) is 6. The lowest BCUT2D eigenvalue weighted by Crippen LogP contribution is -2.23. The number of aromatic amines is 2. The van der Waals surface area contributed by atoms with Crippen LogP contribution in [0.3, 0.4) is 0 Å². The van der Waals surface area contributed by atoms with Gasteiger partial charge in [0.05, 0.1) is 22.5 Å². The number of fused-ring (bicyclic) bond motifs is 1. The van der Waals surface area contributed by atoms with Crippen LogP contribution < -0.4 is 11.0 Å². The van der Waals surface area contributed by atoms with Crippen LogP contribution in [-0.4, -0.2) is 35.9 Å². The number of carbonyl (C=O) groups is 1. The van der Waals surface area contributed by atoms with Gasteiger partial charge in [-0.25, -0.2) is 4.79 Å². The van der Waals surface area contributed by atoms with Crippen molar-refractivity contribution in [3.05, 3.63) is 47.1 Å². The molecule has 0 aliphatic rings. The van der Waals surface area contributed by atoms with E-state index in [4.69, 9.17) is 4.42 Å². The van der Waals surface area contributed by atoms with E-state index in [0.717, 1.165) is 0 Å². The molecular weight excluding hydrogens is 380 g/mol.